The van der Waals surface area contributed by atoms with E-state index in [0.29, 0.717) is 18.1 Å². The number of hydrogen-bond acceptors (Lipinski definition) is 4. The van der Waals surface area contributed by atoms with Gasteiger partial charge in [0.25, 0.3) is 0 Å². The number of sulfonamides is 1. The molecule has 138 valence electrons. The van der Waals surface area contributed by atoms with Crippen LogP contribution in [-0.4, -0.2) is 45.7 Å². The van der Waals surface area contributed by atoms with E-state index in [4.69, 9.17) is 21.1 Å². The van der Waals surface area contributed by atoms with Crippen LogP contribution in [0.4, 0.5) is 0 Å². The minimum Gasteiger partial charge on any atom is -0.454 e. The van der Waals surface area contributed by atoms with E-state index in [-0.39, 0.29) is 11.7 Å². The van der Waals surface area contributed by atoms with Gasteiger partial charge in [-0.15, -0.1) is 0 Å². The van der Waals surface area contributed by atoms with Crippen molar-refractivity contribution in [3.63, 3.8) is 0 Å². The second kappa shape index (κ2) is 7.08. The lowest BCUT2D eigenvalue weighted by Crippen LogP contribution is -3.13. The molecule has 0 aromatic heterocycles. The van der Waals surface area contributed by atoms with Crippen LogP contribution in [0.3, 0.4) is 0 Å². The summed E-state index contributed by atoms with van der Waals surface area (Å²) in [6.45, 7) is 3.61. The van der Waals surface area contributed by atoms with E-state index in [1.54, 1.807) is 22.5 Å². The van der Waals surface area contributed by atoms with Crippen LogP contribution in [0.15, 0.2) is 47.4 Å². The zero-order valence-electron chi connectivity index (χ0n) is 14.2. The molecule has 0 saturated carbocycles. The minimum atomic E-state index is -3.49. The summed E-state index contributed by atoms with van der Waals surface area (Å²) >= 11 is 5.94. The van der Waals surface area contributed by atoms with Crippen LogP contribution in [0.25, 0.3) is 0 Å². The highest BCUT2D eigenvalue weighted by molar-refractivity contribution is 7.89. The smallest absolute Gasteiger partial charge is 0.243 e. The molecule has 0 spiro atoms. The third kappa shape index (κ3) is 3.53. The highest BCUT2D eigenvalue weighted by Gasteiger charge is 2.30. The molecule has 2 aliphatic heterocycles. The Bertz CT molecular complexity index is 911. The van der Waals surface area contributed by atoms with Gasteiger partial charge in [-0.25, -0.2) is 8.42 Å². The van der Waals surface area contributed by atoms with Gasteiger partial charge in [0.15, 0.2) is 11.5 Å². The number of nitrogens with one attached hydrogen (secondary N) is 1. The van der Waals surface area contributed by atoms with Gasteiger partial charge >= 0.3 is 0 Å². The highest BCUT2D eigenvalue weighted by Crippen LogP contribution is 2.32. The largest absolute Gasteiger partial charge is 0.454 e. The molecule has 6 nitrogen and oxygen atoms in total. The van der Waals surface area contributed by atoms with Gasteiger partial charge in [0, 0.05) is 10.6 Å². The Kier molecular flexibility index (Phi) is 4.79. The molecule has 1 fully saturated rings. The second-order valence-corrected chi connectivity index (χ2v) is 8.85. The molecule has 0 atom stereocenters. The van der Waals surface area contributed by atoms with Crippen LogP contribution in [0.1, 0.15) is 5.56 Å². The van der Waals surface area contributed by atoms with Gasteiger partial charge in [-0.05, 0) is 36.4 Å². The molecular weight excluding hydrogens is 376 g/mol. The van der Waals surface area contributed by atoms with E-state index in [0.717, 1.165) is 36.7 Å². The summed E-state index contributed by atoms with van der Waals surface area (Å²) in [4.78, 5) is 1.60. The lowest BCUT2D eigenvalue weighted by atomic mass is 10.2. The average Bonchev–Trinajstić information content (AvgIpc) is 3.10. The Balaban J connectivity index is 1.39. The summed E-state index contributed by atoms with van der Waals surface area (Å²) in [5.74, 6) is 1.56. The molecule has 0 aliphatic carbocycles. The summed E-state index contributed by atoms with van der Waals surface area (Å²) < 4.78 is 37.8. The zero-order chi connectivity index (χ0) is 18.1. The molecular formula is C18H20ClN2O4S+. The van der Waals surface area contributed by atoms with E-state index in [9.17, 15) is 8.42 Å². The molecule has 1 saturated heterocycles. The van der Waals surface area contributed by atoms with E-state index >= 15 is 0 Å². The van der Waals surface area contributed by atoms with Crippen LogP contribution >= 0.6 is 11.6 Å². The first-order chi connectivity index (χ1) is 12.5. The van der Waals surface area contributed by atoms with Crippen molar-refractivity contribution in [1.29, 1.82) is 0 Å². The average molecular weight is 396 g/mol. The fraction of sp³-hybridized carbons (Fsp3) is 0.333. The Hall–Kier alpha value is -1.80. The Morgan fingerprint density at radius 2 is 1.81 bits per heavy atom. The molecule has 4 rings (SSSR count). The predicted octanol–water partition coefficient (Wildman–Crippen LogP) is 1.16. The lowest BCUT2D eigenvalue weighted by molar-refractivity contribution is -0.917. The van der Waals surface area contributed by atoms with E-state index in [2.05, 4.69) is 0 Å². The molecule has 2 aliphatic rings. The van der Waals surface area contributed by atoms with Gasteiger partial charge in [0.2, 0.25) is 16.8 Å². The van der Waals surface area contributed by atoms with Gasteiger partial charge in [-0.1, -0.05) is 17.7 Å². The van der Waals surface area contributed by atoms with Crippen molar-refractivity contribution >= 4 is 21.6 Å². The summed E-state index contributed by atoms with van der Waals surface area (Å²) in [6, 6.07) is 12.4. The van der Waals surface area contributed by atoms with Crippen molar-refractivity contribution in [1.82, 2.24) is 4.31 Å². The number of rotatable bonds is 4. The first-order valence-corrected chi connectivity index (χ1v) is 10.3. The standard InChI is InChI=1S/C18H19ClN2O4S/c19-15-2-1-3-16(11-15)26(22,23)21-8-6-20(7-9-21)12-14-4-5-17-18(10-14)25-13-24-17/h1-5,10-11H,6-9,12-13H2/p+1. The monoisotopic (exact) mass is 395 g/mol. The molecule has 8 heteroatoms. The molecule has 2 heterocycles. The number of quaternary nitrogens is 1. The maximum absolute atomic E-state index is 12.8. The maximum Gasteiger partial charge on any atom is 0.243 e. The number of piperazine rings is 1. The predicted molar refractivity (Wildman–Crippen MR) is 97.2 cm³/mol. The van der Waals surface area contributed by atoms with Crippen molar-refractivity contribution in [2.75, 3.05) is 33.0 Å². The molecule has 26 heavy (non-hydrogen) atoms. The molecule has 2 aromatic rings. The van der Waals surface area contributed by atoms with Crippen LogP contribution in [-0.2, 0) is 16.6 Å². The third-order valence-corrected chi connectivity index (χ3v) is 6.88. The van der Waals surface area contributed by atoms with Crippen molar-refractivity contribution in [2.24, 2.45) is 0 Å². The van der Waals surface area contributed by atoms with E-state index in [1.807, 2.05) is 18.2 Å². The lowest BCUT2D eigenvalue weighted by Gasteiger charge is -2.31. The van der Waals surface area contributed by atoms with Gasteiger partial charge in [-0.3, -0.25) is 0 Å². The van der Waals surface area contributed by atoms with Gasteiger partial charge < -0.3 is 14.4 Å². The third-order valence-electron chi connectivity index (χ3n) is 4.75. The summed E-state index contributed by atoms with van der Waals surface area (Å²) in [5, 5.41) is 0.429. The van der Waals surface area contributed by atoms with Gasteiger partial charge in [0.1, 0.15) is 6.54 Å². The Morgan fingerprint density at radius 3 is 2.58 bits per heavy atom. The van der Waals surface area contributed by atoms with Crippen molar-refractivity contribution < 1.29 is 22.8 Å². The van der Waals surface area contributed by atoms with Crippen LogP contribution in [0, 0.1) is 0 Å². The van der Waals surface area contributed by atoms with Crippen LogP contribution in [0.2, 0.25) is 5.02 Å². The Labute approximate surface area is 157 Å². The molecule has 0 unspecified atom stereocenters. The fourth-order valence-electron chi connectivity index (χ4n) is 3.34. The maximum atomic E-state index is 12.8. The topological polar surface area (TPSA) is 60.3 Å². The quantitative estimate of drug-likeness (QED) is 0.844. The number of fused-ring (bicyclic) bond motifs is 1. The van der Waals surface area contributed by atoms with Gasteiger partial charge in [0.05, 0.1) is 31.1 Å². The van der Waals surface area contributed by atoms with E-state index in [1.165, 1.54) is 11.0 Å². The van der Waals surface area contributed by atoms with E-state index < -0.39 is 10.0 Å². The molecule has 2 aromatic carbocycles. The number of hydrogen-bond donors (Lipinski definition) is 1. The first-order valence-electron chi connectivity index (χ1n) is 8.50. The summed E-state index contributed by atoms with van der Waals surface area (Å²) in [6.07, 6.45) is 0. The molecule has 0 amide bonds. The number of halogens is 1. The normalized spacial score (nSPS) is 18.2. The van der Waals surface area contributed by atoms with Crippen LogP contribution < -0.4 is 14.4 Å². The summed E-state index contributed by atoms with van der Waals surface area (Å²) in [5.41, 5.74) is 1.16. The van der Waals surface area contributed by atoms with Crippen molar-refractivity contribution in [2.45, 2.75) is 11.4 Å². The Morgan fingerprint density at radius 1 is 1.04 bits per heavy atom. The second-order valence-electron chi connectivity index (χ2n) is 6.48. The zero-order valence-corrected chi connectivity index (χ0v) is 15.7. The van der Waals surface area contributed by atoms with Crippen LogP contribution in [0.5, 0.6) is 11.5 Å². The molecule has 0 radical (unpaired) electrons. The van der Waals surface area contributed by atoms with Crippen molar-refractivity contribution in [3.8, 4) is 11.5 Å². The number of ether oxygens (including phenoxy) is 2. The molecule has 1 N–H and O–H groups in total. The number of benzene rings is 2. The number of nitrogens with zero attached hydrogens (tertiary/aromatic N) is 1. The SMILES string of the molecule is O=S(=O)(c1cccc(Cl)c1)N1CC[NH+](Cc2ccc3c(c2)OCO3)CC1. The fourth-order valence-corrected chi connectivity index (χ4v) is 5.08. The summed E-state index contributed by atoms with van der Waals surface area (Å²) in [7, 11) is -3.49. The molecule has 0 bridgehead atoms. The first kappa shape index (κ1) is 17.6. The van der Waals surface area contributed by atoms with Crippen molar-refractivity contribution in [3.05, 3.63) is 53.1 Å². The highest BCUT2D eigenvalue weighted by atomic mass is 35.5. The minimum absolute atomic E-state index is 0.254. The van der Waals surface area contributed by atoms with Gasteiger partial charge in [-0.2, -0.15) is 4.31 Å².